The van der Waals surface area contributed by atoms with Crippen LogP contribution in [-0.2, 0) is 20.7 Å². The highest BCUT2D eigenvalue weighted by Crippen LogP contribution is 2.30. The van der Waals surface area contributed by atoms with E-state index in [1.807, 2.05) is 30.3 Å². The molecule has 0 aromatic heterocycles. The molecule has 1 aromatic carbocycles. The van der Waals surface area contributed by atoms with E-state index in [0.717, 1.165) is 18.2 Å². The molecule has 1 fully saturated rings. The highest BCUT2D eigenvalue weighted by atomic mass is 32.2. The molecule has 1 saturated carbocycles. The van der Waals surface area contributed by atoms with Crippen molar-refractivity contribution < 1.29 is 17.7 Å². The van der Waals surface area contributed by atoms with Gasteiger partial charge in [-0.05, 0) is 37.2 Å². The van der Waals surface area contributed by atoms with Crippen molar-refractivity contribution in [1.29, 1.82) is 0 Å². The summed E-state index contributed by atoms with van der Waals surface area (Å²) in [5, 5.41) is 10.0. The maximum atomic E-state index is 11.2. The van der Waals surface area contributed by atoms with Crippen LogP contribution in [-0.4, -0.2) is 32.0 Å². The lowest BCUT2D eigenvalue weighted by atomic mass is 9.81. The van der Waals surface area contributed by atoms with Gasteiger partial charge in [-0.1, -0.05) is 30.3 Å². The molecule has 0 spiro atoms. The lowest BCUT2D eigenvalue weighted by molar-refractivity contribution is 0.0196. The molecule has 0 aliphatic heterocycles. The lowest BCUT2D eigenvalue weighted by Crippen LogP contribution is -2.35. The number of hydrogen-bond donors (Lipinski definition) is 1. The first kappa shape index (κ1) is 14.5. The minimum absolute atomic E-state index is 0.0582. The van der Waals surface area contributed by atoms with Gasteiger partial charge in [0.05, 0.1) is 18.5 Å². The van der Waals surface area contributed by atoms with E-state index < -0.39 is 10.1 Å². The van der Waals surface area contributed by atoms with Crippen LogP contribution in [0.4, 0.5) is 0 Å². The van der Waals surface area contributed by atoms with Gasteiger partial charge in [-0.3, -0.25) is 4.18 Å². The van der Waals surface area contributed by atoms with Crippen molar-refractivity contribution in [2.24, 2.45) is 5.92 Å². The maximum Gasteiger partial charge on any atom is 0.264 e. The third kappa shape index (κ3) is 4.60. The average molecular weight is 284 g/mol. The third-order valence-corrected chi connectivity index (χ3v) is 4.17. The molecule has 1 N–H and O–H groups in total. The predicted molar refractivity (Wildman–Crippen MR) is 73.2 cm³/mol. The zero-order chi connectivity index (χ0) is 13.9. The smallest absolute Gasteiger partial charge is 0.264 e. The van der Waals surface area contributed by atoms with Crippen molar-refractivity contribution in [2.45, 2.75) is 37.9 Å². The standard InChI is InChI=1S/C14H20O4S/c1-19(16,17)18-13-7-8-14(15)12(10-13)9-11-5-3-2-4-6-11/h2-6,12-15H,7-10H2,1H3/t12-,13-,14-/m0/s1. The SMILES string of the molecule is CS(=O)(=O)O[C@H]1CC[C@H](O)[C@@H](Cc2ccccc2)C1. The topological polar surface area (TPSA) is 63.6 Å². The summed E-state index contributed by atoms with van der Waals surface area (Å²) in [6.45, 7) is 0. The monoisotopic (exact) mass is 284 g/mol. The molecule has 0 heterocycles. The second kappa shape index (κ2) is 6.03. The van der Waals surface area contributed by atoms with Crippen LogP contribution in [0, 0.1) is 5.92 Å². The Morgan fingerprint density at radius 1 is 1.26 bits per heavy atom. The fourth-order valence-electron chi connectivity index (χ4n) is 2.68. The Balaban J connectivity index is 1.99. The predicted octanol–water partition coefficient (Wildman–Crippen LogP) is 1.73. The molecule has 19 heavy (non-hydrogen) atoms. The Bertz CT molecular complexity index is 497. The highest BCUT2D eigenvalue weighted by molar-refractivity contribution is 7.86. The minimum atomic E-state index is -3.42. The van der Waals surface area contributed by atoms with Gasteiger partial charge in [0.1, 0.15) is 0 Å². The van der Waals surface area contributed by atoms with Gasteiger partial charge in [0, 0.05) is 0 Å². The van der Waals surface area contributed by atoms with Crippen molar-refractivity contribution >= 4 is 10.1 Å². The van der Waals surface area contributed by atoms with Crippen LogP contribution in [0.5, 0.6) is 0 Å². The largest absolute Gasteiger partial charge is 0.393 e. The lowest BCUT2D eigenvalue weighted by Gasteiger charge is -2.32. The summed E-state index contributed by atoms with van der Waals surface area (Å²) < 4.78 is 27.4. The summed E-state index contributed by atoms with van der Waals surface area (Å²) in [4.78, 5) is 0. The average Bonchev–Trinajstić information content (AvgIpc) is 2.33. The molecule has 0 unspecified atom stereocenters. The first-order valence-corrected chi connectivity index (χ1v) is 8.36. The Labute approximate surface area is 114 Å². The van der Waals surface area contributed by atoms with Gasteiger partial charge in [-0.25, -0.2) is 0 Å². The second-order valence-corrected chi connectivity index (χ2v) is 6.85. The fraction of sp³-hybridized carbons (Fsp3) is 0.571. The molecule has 106 valence electrons. The van der Waals surface area contributed by atoms with Crippen LogP contribution in [0.3, 0.4) is 0 Å². The van der Waals surface area contributed by atoms with Gasteiger partial charge in [0.2, 0.25) is 0 Å². The fourth-order valence-corrected chi connectivity index (χ4v) is 3.34. The molecule has 0 bridgehead atoms. The van der Waals surface area contributed by atoms with Gasteiger partial charge in [0.25, 0.3) is 10.1 Å². The number of hydrogen-bond acceptors (Lipinski definition) is 4. The molecule has 5 heteroatoms. The molecule has 1 aromatic rings. The van der Waals surface area contributed by atoms with Gasteiger partial charge >= 0.3 is 0 Å². The quantitative estimate of drug-likeness (QED) is 0.855. The van der Waals surface area contributed by atoms with Gasteiger partial charge in [0.15, 0.2) is 0 Å². The van der Waals surface area contributed by atoms with E-state index in [0.29, 0.717) is 19.3 Å². The van der Waals surface area contributed by atoms with Gasteiger partial charge in [-0.15, -0.1) is 0 Å². The molecular formula is C14H20O4S. The van der Waals surface area contributed by atoms with Crippen molar-refractivity contribution in [3.63, 3.8) is 0 Å². The van der Waals surface area contributed by atoms with Crippen LogP contribution >= 0.6 is 0 Å². The van der Waals surface area contributed by atoms with Crippen molar-refractivity contribution in [1.82, 2.24) is 0 Å². The summed E-state index contributed by atoms with van der Waals surface area (Å²) in [5.41, 5.74) is 1.16. The summed E-state index contributed by atoms with van der Waals surface area (Å²) >= 11 is 0. The van der Waals surface area contributed by atoms with Gasteiger partial charge in [-0.2, -0.15) is 8.42 Å². The maximum absolute atomic E-state index is 11.2. The van der Waals surface area contributed by atoms with E-state index in [1.54, 1.807) is 0 Å². The van der Waals surface area contributed by atoms with Crippen LogP contribution < -0.4 is 0 Å². The summed E-state index contributed by atoms with van der Waals surface area (Å²) in [5.74, 6) is 0.0582. The highest BCUT2D eigenvalue weighted by Gasteiger charge is 2.31. The molecule has 0 saturated heterocycles. The Morgan fingerprint density at radius 2 is 1.95 bits per heavy atom. The molecule has 1 aliphatic rings. The summed E-state index contributed by atoms with van der Waals surface area (Å²) in [6.07, 6.45) is 2.93. The molecule has 2 rings (SSSR count). The van der Waals surface area contributed by atoms with Crippen molar-refractivity contribution in [2.75, 3.05) is 6.26 Å². The molecule has 1 aliphatic carbocycles. The first-order valence-electron chi connectivity index (χ1n) is 6.54. The van der Waals surface area contributed by atoms with E-state index in [1.165, 1.54) is 0 Å². The van der Waals surface area contributed by atoms with Crippen molar-refractivity contribution in [3.05, 3.63) is 35.9 Å². The van der Waals surface area contributed by atoms with Crippen LogP contribution in [0.1, 0.15) is 24.8 Å². The Kier molecular flexibility index (Phi) is 4.60. The Hall–Kier alpha value is -0.910. The number of aliphatic hydroxyl groups excluding tert-OH is 1. The van der Waals surface area contributed by atoms with E-state index >= 15 is 0 Å². The van der Waals surface area contributed by atoms with Gasteiger partial charge < -0.3 is 5.11 Å². The minimum Gasteiger partial charge on any atom is -0.393 e. The van der Waals surface area contributed by atoms with Crippen LogP contribution in [0.25, 0.3) is 0 Å². The normalized spacial score (nSPS) is 28.2. The van der Waals surface area contributed by atoms with E-state index in [9.17, 15) is 13.5 Å². The summed E-state index contributed by atoms with van der Waals surface area (Å²) in [6, 6.07) is 9.93. The van der Waals surface area contributed by atoms with Crippen LogP contribution in [0.2, 0.25) is 0 Å². The first-order chi connectivity index (χ1) is 8.94. The Morgan fingerprint density at radius 3 is 2.58 bits per heavy atom. The molecular weight excluding hydrogens is 264 g/mol. The van der Waals surface area contributed by atoms with E-state index in [4.69, 9.17) is 4.18 Å². The third-order valence-electron chi connectivity index (χ3n) is 3.55. The molecule has 4 nitrogen and oxygen atoms in total. The second-order valence-electron chi connectivity index (χ2n) is 5.25. The zero-order valence-electron chi connectivity index (χ0n) is 11.0. The molecule has 3 atom stereocenters. The van der Waals surface area contributed by atoms with E-state index in [2.05, 4.69) is 0 Å². The number of aliphatic hydroxyl groups is 1. The van der Waals surface area contributed by atoms with Crippen LogP contribution in [0.15, 0.2) is 30.3 Å². The zero-order valence-corrected chi connectivity index (χ0v) is 11.8. The van der Waals surface area contributed by atoms with Crippen molar-refractivity contribution in [3.8, 4) is 0 Å². The molecule has 0 radical (unpaired) electrons. The van der Waals surface area contributed by atoms with E-state index in [-0.39, 0.29) is 18.1 Å². The molecule has 0 amide bonds. The summed E-state index contributed by atoms with van der Waals surface area (Å²) in [7, 11) is -3.42. The number of benzene rings is 1. The number of rotatable bonds is 4.